The van der Waals surface area contributed by atoms with Gasteiger partial charge < -0.3 is 14.7 Å². The second-order valence-electron chi connectivity index (χ2n) is 5.80. The summed E-state index contributed by atoms with van der Waals surface area (Å²) in [5.41, 5.74) is 2.76. The third kappa shape index (κ3) is 3.66. The largest absolute Gasteiger partial charge is 0.490 e. The van der Waals surface area contributed by atoms with Crippen LogP contribution in [0.1, 0.15) is 18.4 Å². The van der Waals surface area contributed by atoms with Gasteiger partial charge in [-0.1, -0.05) is 24.3 Å². The van der Waals surface area contributed by atoms with Gasteiger partial charge in [0, 0.05) is 25.9 Å². The molecule has 5 nitrogen and oxygen atoms in total. The zero-order valence-corrected chi connectivity index (χ0v) is 13.2. The second-order valence-corrected chi connectivity index (χ2v) is 5.80. The van der Waals surface area contributed by atoms with Gasteiger partial charge in [0.1, 0.15) is 11.9 Å². The van der Waals surface area contributed by atoms with E-state index in [1.54, 1.807) is 12.1 Å². The van der Waals surface area contributed by atoms with Crippen molar-refractivity contribution in [3.63, 3.8) is 0 Å². The number of rotatable bonds is 3. The van der Waals surface area contributed by atoms with Gasteiger partial charge in [-0.15, -0.1) is 0 Å². The van der Waals surface area contributed by atoms with Gasteiger partial charge in [-0.25, -0.2) is 4.79 Å². The fourth-order valence-electron chi connectivity index (χ4n) is 2.82. The van der Waals surface area contributed by atoms with Crippen molar-refractivity contribution in [1.82, 2.24) is 4.90 Å². The first-order chi connectivity index (χ1) is 11.7. The number of ether oxygens (including phenoxy) is 1. The molecule has 0 bridgehead atoms. The first kappa shape index (κ1) is 15.9. The number of likely N-dealkylation sites (tertiary alicyclic amines) is 1. The highest BCUT2D eigenvalue weighted by Crippen LogP contribution is 2.25. The highest BCUT2D eigenvalue weighted by molar-refractivity contribution is 5.65. The fourth-order valence-corrected chi connectivity index (χ4v) is 2.82. The van der Waals surface area contributed by atoms with Crippen LogP contribution in [0, 0.1) is 11.3 Å². The predicted octanol–water partition coefficient (Wildman–Crippen LogP) is 3.75. The van der Waals surface area contributed by atoms with Gasteiger partial charge in [0.25, 0.3) is 0 Å². The van der Waals surface area contributed by atoms with Crippen LogP contribution in [-0.4, -0.2) is 35.3 Å². The standard InChI is InChI=1S/C19H18N2O3/c20-13-14-1-3-15(4-2-14)16-5-7-17(8-6-16)24-18-9-11-21(12-10-18)19(22)23/h1-8,18H,9-12H2,(H,22,23). The Morgan fingerprint density at radius 2 is 1.58 bits per heavy atom. The molecule has 1 N–H and O–H groups in total. The molecule has 122 valence electrons. The zero-order chi connectivity index (χ0) is 16.9. The molecule has 0 aliphatic carbocycles. The van der Waals surface area contributed by atoms with Gasteiger partial charge in [-0.2, -0.15) is 5.26 Å². The Morgan fingerprint density at radius 1 is 1.04 bits per heavy atom. The van der Waals surface area contributed by atoms with Crippen LogP contribution in [0.4, 0.5) is 4.79 Å². The third-order valence-electron chi connectivity index (χ3n) is 4.22. The highest BCUT2D eigenvalue weighted by Gasteiger charge is 2.23. The summed E-state index contributed by atoms with van der Waals surface area (Å²) in [7, 11) is 0. The quantitative estimate of drug-likeness (QED) is 0.934. The van der Waals surface area contributed by atoms with E-state index >= 15 is 0 Å². The summed E-state index contributed by atoms with van der Waals surface area (Å²) in [6.07, 6.45) is 0.620. The van der Waals surface area contributed by atoms with Gasteiger partial charge in [-0.3, -0.25) is 0 Å². The van der Waals surface area contributed by atoms with Crippen LogP contribution in [0.5, 0.6) is 5.75 Å². The maximum absolute atomic E-state index is 10.9. The van der Waals surface area contributed by atoms with Crippen molar-refractivity contribution in [3.8, 4) is 22.9 Å². The van der Waals surface area contributed by atoms with Crippen molar-refractivity contribution in [2.24, 2.45) is 0 Å². The molecule has 0 atom stereocenters. The number of hydrogen-bond donors (Lipinski definition) is 1. The van der Waals surface area contributed by atoms with E-state index < -0.39 is 6.09 Å². The SMILES string of the molecule is N#Cc1ccc(-c2ccc(OC3CCN(C(=O)O)CC3)cc2)cc1. The fraction of sp³-hybridized carbons (Fsp3) is 0.263. The number of benzene rings is 2. The van der Waals surface area contributed by atoms with E-state index in [2.05, 4.69) is 6.07 Å². The van der Waals surface area contributed by atoms with E-state index in [0.29, 0.717) is 31.5 Å². The zero-order valence-electron chi connectivity index (χ0n) is 13.2. The van der Waals surface area contributed by atoms with Crippen molar-refractivity contribution < 1.29 is 14.6 Å². The van der Waals surface area contributed by atoms with Crippen LogP contribution in [0.3, 0.4) is 0 Å². The Balaban J connectivity index is 1.60. The molecule has 1 amide bonds. The summed E-state index contributed by atoms with van der Waals surface area (Å²) in [6.45, 7) is 1.03. The minimum atomic E-state index is -0.861. The molecule has 0 unspecified atom stereocenters. The predicted molar refractivity (Wildman–Crippen MR) is 89.8 cm³/mol. The molecule has 2 aromatic carbocycles. The van der Waals surface area contributed by atoms with Crippen LogP contribution in [0.25, 0.3) is 11.1 Å². The van der Waals surface area contributed by atoms with E-state index in [1.807, 2.05) is 36.4 Å². The Labute approximate surface area is 140 Å². The molecule has 5 heteroatoms. The van der Waals surface area contributed by atoms with Crippen molar-refractivity contribution in [2.75, 3.05) is 13.1 Å². The smallest absolute Gasteiger partial charge is 0.407 e. The number of nitrogens with zero attached hydrogens (tertiary/aromatic N) is 2. The first-order valence-corrected chi connectivity index (χ1v) is 7.91. The second kappa shape index (κ2) is 7.05. The van der Waals surface area contributed by atoms with Gasteiger partial charge >= 0.3 is 6.09 Å². The minimum absolute atomic E-state index is 0.0568. The molecule has 24 heavy (non-hydrogen) atoms. The van der Waals surface area contributed by atoms with Crippen LogP contribution in [-0.2, 0) is 0 Å². The molecule has 1 saturated heterocycles. The Hall–Kier alpha value is -3.00. The molecule has 0 spiro atoms. The molecule has 0 radical (unpaired) electrons. The normalized spacial score (nSPS) is 14.9. The van der Waals surface area contributed by atoms with Crippen molar-refractivity contribution in [1.29, 1.82) is 5.26 Å². The van der Waals surface area contributed by atoms with E-state index in [4.69, 9.17) is 15.1 Å². The van der Waals surface area contributed by atoms with Crippen LogP contribution < -0.4 is 4.74 Å². The number of carbonyl (C=O) groups is 1. The van der Waals surface area contributed by atoms with E-state index in [-0.39, 0.29) is 6.10 Å². The number of piperidine rings is 1. The van der Waals surface area contributed by atoms with Crippen LogP contribution >= 0.6 is 0 Å². The molecule has 3 rings (SSSR count). The van der Waals surface area contributed by atoms with Gasteiger partial charge in [0.05, 0.1) is 11.6 Å². The summed E-state index contributed by atoms with van der Waals surface area (Å²) in [4.78, 5) is 12.3. The monoisotopic (exact) mass is 322 g/mol. The van der Waals surface area contributed by atoms with E-state index in [0.717, 1.165) is 16.9 Å². The Kier molecular flexibility index (Phi) is 4.66. The number of amides is 1. The summed E-state index contributed by atoms with van der Waals surface area (Å²) in [5.74, 6) is 0.793. The van der Waals surface area contributed by atoms with Gasteiger partial charge in [0.15, 0.2) is 0 Å². The molecule has 1 heterocycles. The molecule has 0 saturated carbocycles. The molecule has 0 aromatic heterocycles. The van der Waals surface area contributed by atoms with Crippen LogP contribution in [0.2, 0.25) is 0 Å². The van der Waals surface area contributed by atoms with E-state index in [1.165, 1.54) is 4.90 Å². The average molecular weight is 322 g/mol. The topological polar surface area (TPSA) is 73.6 Å². The maximum atomic E-state index is 10.9. The molecule has 1 aliphatic heterocycles. The summed E-state index contributed by atoms with van der Waals surface area (Å²) >= 11 is 0. The third-order valence-corrected chi connectivity index (χ3v) is 4.22. The minimum Gasteiger partial charge on any atom is -0.490 e. The van der Waals surface area contributed by atoms with Crippen molar-refractivity contribution in [3.05, 3.63) is 54.1 Å². The molecule has 1 fully saturated rings. The van der Waals surface area contributed by atoms with Crippen molar-refractivity contribution >= 4 is 6.09 Å². The lowest BCUT2D eigenvalue weighted by Gasteiger charge is -2.30. The lowest BCUT2D eigenvalue weighted by molar-refractivity contribution is 0.0895. The molecular formula is C19H18N2O3. The first-order valence-electron chi connectivity index (χ1n) is 7.91. The average Bonchev–Trinajstić information content (AvgIpc) is 2.63. The summed E-state index contributed by atoms with van der Waals surface area (Å²) < 4.78 is 5.95. The van der Waals surface area contributed by atoms with E-state index in [9.17, 15) is 4.79 Å². The molecule has 1 aliphatic rings. The van der Waals surface area contributed by atoms with Gasteiger partial charge in [-0.05, 0) is 35.4 Å². The van der Waals surface area contributed by atoms with Crippen LogP contribution in [0.15, 0.2) is 48.5 Å². The maximum Gasteiger partial charge on any atom is 0.407 e. The number of carboxylic acid groups (broad SMARTS) is 1. The van der Waals surface area contributed by atoms with Gasteiger partial charge in [0.2, 0.25) is 0 Å². The Morgan fingerprint density at radius 3 is 2.08 bits per heavy atom. The summed E-state index contributed by atoms with van der Waals surface area (Å²) in [6, 6.07) is 17.4. The van der Waals surface area contributed by atoms with Crippen molar-refractivity contribution in [2.45, 2.75) is 18.9 Å². The lowest BCUT2D eigenvalue weighted by atomic mass is 10.0. The number of hydrogen-bond acceptors (Lipinski definition) is 3. The molecule has 2 aromatic rings. The lowest BCUT2D eigenvalue weighted by Crippen LogP contribution is -2.41. The Bertz CT molecular complexity index is 740. The number of nitriles is 1. The highest BCUT2D eigenvalue weighted by atomic mass is 16.5. The summed E-state index contributed by atoms with van der Waals surface area (Å²) in [5, 5.41) is 17.8. The molecular weight excluding hydrogens is 304 g/mol.